The maximum atomic E-state index is 13.0. The number of aliphatic hydroxyl groups excluding tert-OH is 1. The molecule has 0 fully saturated rings. The topological polar surface area (TPSA) is 57.6 Å². The van der Waals surface area contributed by atoms with Crippen molar-refractivity contribution in [3.05, 3.63) is 29.0 Å². The first-order chi connectivity index (χ1) is 9.43. The maximum Gasteiger partial charge on any atom is 0.244 e. The monoisotopic (exact) mass is 323 g/mol. The highest BCUT2D eigenvalue weighted by molar-refractivity contribution is 7.89. The lowest BCUT2D eigenvalue weighted by atomic mass is 10.2. The number of halogens is 2. The van der Waals surface area contributed by atoms with Gasteiger partial charge in [-0.1, -0.05) is 31.4 Å². The SMILES string of the molecule is CCCCCN(CCO)S(=O)(=O)c1ccc(F)cc1Cl. The van der Waals surface area contributed by atoms with Crippen molar-refractivity contribution in [2.75, 3.05) is 19.7 Å². The number of aliphatic hydroxyl groups is 1. The van der Waals surface area contributed by atoms with E-state index in [1.165, 1.54) is 4.31 Å². The molecule has 1 rings (SSSR count). The average Bonchev–Trinajstić information content (AvgIpc) is 2.37. The number of unbranched alkanes of at least 4 members (excludes halogenated alkanes) is 2. The number of hydrogen-bond acceptors (Lipinski definition) is 3. The first-order valence-electron chi connectivity index (χ1n) is 6.49. The smallest absolute Gasteiger partial charge is 0.244 e. The van der Waals surface area contributed by atoms with Gasteiger partial charge >= 0.3 is 0 Å². The standard InChI is InChI=1S/C13H19ClFNO3S/c1-2-3-4-7-16(8-9-17)20(18,19)13-6-5-11(15)10-12(13)14/h5-6,10,17H,2-4,7-9H2,1H3. The van der Waals surface area contributed by atoms with Crippen LogP contribution in [0, 0.1) is 5.82 Å². The van der Waals surface area contributed by atoms with Crippen molar-refractivity contribution in [2.24, 2.45) is 0 Å². The Balaban J connectivity index is 3.02. The second kappa shape index (κ2) is 7.93. The predicted molar refractivity (Wildman–Crippen MR) is 76.8 cm³/mol. The molecule has 0 saturated heterocycles. The largest absolute Gasteiger partial charge is 0.395 e. The minimum atomic E-state index is -3.82. The normalized spacial score (nSPS) is 12.1. The molecule has 114 valence electrons. The highest BCUT2D eigenvalue weighted by Crippen LogP contribution is 2.25. The predicted octanol–water partition coefficient (Wildman–Crippen LogP) is 2.65. The highest BCUT2D eigenvalue weighted by Gasteiger charge is 2.26. The van der Waals surface area contributed by atoms with Crippen LogP contribution in [-0.4, -0.2) is 37.5 Å². The Morgan fingerprint density at radius 3 is 2.55 bits per heavy atom. The van der Waals surface area contributed by atoms with Gasteiger partial charge in [0, 0.05) is 13.1 Å². The summed E-state index contributed by atoms with van der Waals surface area (Å²) in [6.07, 6.45) is 2.56. The molecule has 0 unspecified atom stereocenters. The van der Waals surface area contributed by atoms with E-state index in [-0.39, 0.29) is 23.1 Å². The Kier molecular flexibility index (Phi) is 6.88. The lowest BCUT2D eigenvalue weighted by molar-refractivity contribution is 0.252. The van der Waals surface area contributed by atoms with Crippen molar-refractivity contribution >= 4 is 21.6 Å². The van der Waals surface area contributed by atoms with E-state index < -0.39 is 15.8 Å². The van der Waals surface area contributed by atoms with Gasteiger partial charge in [0.2, 0.25) is 10.0 Å². The molecule has 0 spiro atoms. The van der Waals surface area contributed by atoms with Gasteiger partial charge in [-0.2, -0.15) is 4.31 Å². The molecule has 7 heteroatoms. The summed E-state index contributed by atoms with van der Waals surface area (Å²) in [4.78, 5) is -0.134. The van der Waals surface area contributed by atoms with E-state index >= 15 is 0 Å². The van der Waals surface area contributed by atoms with Gasteiger partial charge in [-0.3, -0.25) is 0 Å². The summed E-state index contributed by atoms with van der Waals surface area (Å²) in [5.74, 6) is -0.589. The molecular weight excluding hydrogens is 305 g/mol. The lowest BCUT2D eigenvalue weighted by Gasteiger charge is -2.21. The Labute approximate surface area is 124 Å². The van der Waals surface area contributed by atoms with Gasteiger partial charge in [-0.25, -0.2) is 12.8 Å². The zero-order valence-electron chi connectivity index (χ0n) is 11.3. The van der Waals surface area contributed by atoms with Crippen molar-refractivity contribution in [3.8, 4) is 0 Å². The van der Waals surface area contributed by atoms with Crippen molar-refractivity contribution in [1.82, 2.24) is 4.31 Å². The summed E-state index contributed by atoms with van der Waals surface area (Å²) >= 11 is 5.81. The zero-order chi connectivity index (χ0) is 15.2. The molecule has 0 atom stereocenters. The number of hydrogen-bond donors (Lipinski definition) is 1. The molecule has 0 aromatic heterocycles. The van der Waals surface area contributed by atoms with Crippen LogP contribution in [0.1, 0.15) is 26.2 Å². The average molecular weight is 324 g/mol. The highest BCUT2D eigenvalue weighted by atomic mass is 35.5. The fraction of sp³-hybridized carbons (Fsp3) is 0.538. The molecule has 0 aliphatic rings. The summed E-state index contributed by atoms with van der Waals surface area (Å²) in [6.45, 7) is 2.05. The van der Waals surface area contributed by atoms with Crippen LogP contribution in [0.4, 0.5) is 4.39 Å². The molecule has 1 aromatic rings. The van der Waals surface area contributed by atoms with Gasteiger partial charge in [0.25, 0.3) is 0 Å². The number of sulfonamides is 1. The van der Waals surface area contributed by atoms with Crippen molar-refractivity contribution in [3.63, 3.8) is 0 Å². The van der Waals surface area contributed by atoms with Gasteiger partial charge in [0.05, 0.1) is 11.6 Å². The third kappa shape index (κ3) is 4.41. The fourth-order valence-electron chi connectivity index (χ4n) is 1.83. The molecule has 4 nitrogen and oxygen atoms in total. The molecule has 0 amide bonds. The lowest BCUT2D eigenvalue weighted by Crippen LogP contribution is -2.34. The van der Waals surface area contributed by atoms with Gasteiger partial charge in [-0.15, -0.1) is 0 Å². The second-order valence-corrected chi connectivity index (χ2v) is 6.72. The minimum absolute atomic E-state index is 0.000245. The van der Waals surface area contributed by atoms with Crippen LogP contribution >= 0.6 is 11.6 Å². The molecule has 1 N–H and O–H groups in total. The molecule has 0 aliphatic heterocycles. The Bertz CT molecular complexity index is 536. The van der Waals surface area contributed by atoms with E-state index in [2.05, 4.69) is 0 Å². The molecule has 0 aliphatic carbocycles. The van der Waals surface area contributed by atoms with Gasteiger partial charge in [-0.05, 0) is 24.6 Å². The van der Waals surface area contributed by atoms with Gasteiger partial charge in [0.1, 0.15) is 10.7 Å². The first kappa shape index (κ1) is 17.4. The third-order valence-corrected chi connectivity index (χ3v) is 5.25. The fourth-order valence-corrected chi connectivity index (χ4v) is 3.80. The van der Waals surface area contributed by atoms with Crippen LogP contribution in [0.15, 0.2) is 23.1 Å². The van der Waals surface area contributed by atoms with Crippen LogP contribution in [-0.2, 0) is 10.0 Å². The third-order valence-electron chi connectivity index (χ3n) is 2.87. The van der Waals surface area contributed by atoms with E-state index in [0.29, 0.717) is 13.0 Å². The molecule has 0 bridgehead atoms. The van der Waals surface area contributed by atoms with E-state index in [4.69, 9.17) is 16.7 Å². The first-order valence-corrected chi connectivity index (χ1v) is 8.31. The quantitative estimate of drug-likeness (QED) is 0.748. The minimum Gasteiger partial charge on any atom is -0.395 e. The van der Waals surface area contributed by atoms with Crippen LogP contribution in [0.3, 0.4) is 0 Å². The molecule has 1 aromatic carbocycles. The maximum absolute atomic E-state index is 13.0. The summed E-state index contributed by atoms with van der Waals surface area (Å²) in [5.41, 5.74) is 0. The summed E-state index contributed by atoms with van der Waals surface area (Å²) in [7, 11) is -3.82. The molecular formula is C13H19ClFNO3S. The van der Waals surface area contributed by atoms with E-state index in [0.717, 1.165) is 31.0 Å². The molecule has 0 heterocycles. The van der Waals surface area contributed by atoms with E-state index in [1.807, 2.05) is 6.92 Å². The zero-order valence-corrected chi connectivity index (χ0v) is 12.9. The van der Waals surface area contributed by atoms with Crippen LogP contribution < -0.4 is 0 Å². The summed E-state index contributed by atoms with van der Waals surface area (Å²) in [6, 6.07) is 3.18. The van der Waals surface area contributed by atoms with Crippen molar-refractivity contribution in [1.29, 1.82) is 0 Å². The van der Waals surface area contributed by atoms with Crippen LogP contribution in [0.2, 0.25) is 5.02 Å². The van der Waals surface area contributed by atoms with E-state index in [1.54, 1.807) is 0 Å². The van der Waals surface area contributed by atoms with Crippen molar-refractivity contribution < 1.29 is 17.9 Å². The van der Waals surface area contributed by atoms with E-state index in [9.17, 15) is 12.8 Å². The summed E-state index contributed by atoms with van der Waals surface area (Å²) in [5, 5.41) is 8.87. The van der Waals surface area contributed by atoms with Crippen LogP contribution in [0.25, 0.3) is 0 Å². The van der Waals surface area contributed by atoms with Gasteiger partial charge < -0.3 is 5.11 Å². The number of rotatable bonds is 8. The molecule has 0 radical (unpaired) electrons. The van der Waals surface area contributed by atoms with Crippen molar-refractivity contribution in [2.45, 2.75) is 31.1 Å². The Morgan fingerprint density at radius 2 is 2.00 bits per heavy atom. The molecule has 20 heavy (non-hydrogen) atoms. The van der Waals surface area contributed by atoms with Gasteiger partial charge in [0.15, 0.2) is 0 Å². The summed E-state index contributed by atoms with van der Waals surface area (Å²) < 4.78 is 39.1. The van der Waals surface area contributed by atoms with Crippen LogP contribution in [0.5, 0.6) is 0 Å². The Morgan fingerprint density at radius 1 is 1.30 bits per heavy atom. The second-order valence-electron chi connectivity index (χ2n) is 4.41. The number of nitrogens with zero attached hydrogens (tertiary/aromatic N) is 1. The number of benzene rings is 1. The molecule has 0 saturated carbocycles. The Hall–Kier alpha value is -0.690.